The van der Waals surface area contributed by atoms with Gasteiger partial charge in [-0.15, -0.1) is 0 Å². The van der Waals surface area contributed by atoms with Gasteiger partial charge in [0.1, 0.15) is 17.9 Å². The van der Waals surface area contributed by atoms with Crippen LogP contribution >= 0.6 is 15.5 Å². The van der Waals surface area contributed by atoms with E-state index in [1.807, 2.05) is 0 Å². The number of hydrogen-bond acceptors (Lipinski definition) is 0. The molecule has 1 aromatic rings. The Bertz CT molecular complexity index is 881. The first-order valence-corrected chi connectivity index (χ1v) is 14.3. The fourth-order valence-electron chi connectivity index (χ4n) is 5.25. The van der Waals surface area contributed by atoms with Gasteiger partial charge in [0.2, 0.25) is 0 Å². The molecule has 0 saturated heterocycles. The quantitative estimate of drug-likeness (QED) is 0.390. The van der Waals surface area contributed by atoms with Gasteiger partial charge in [-0.1, -0.05) is 92.0 Å². The van der Waals surface area contributed by atoms with E-state index < -0.39 is 0 Å². The van der Waals surface area contributed by atoms with Gasteiger partial charge in [-0.3, -0.25) is 0 Å². The molecule has 0 atom stereocenters. The van der Waals surface area contributed by atoms with Crippen LogP contribution in [-0.2, 0) is 0 Å². The lowest BCUT2D eigenvalue weighted by molar-refractivity contribution is 0.714. The highest BCUT2D eigenvalue weighted by Gasteiger charge is 2.43. The first-order valence-electron chi connectivity index (χ1n) is 11.6. The highest BCUT2D eigenvalue weighted by Crippen LogP contribution is 2.59. The van der Waals surface area contributed by atoms with Gasteiger partial charge in [-0.25, -0.2) is 0 Å². The van der Waals surface area contributed by atoms with Crippen molar-refractivity contribution in [1.82, 2.24) is 0 Å². The Labute approximate surface area is 195 Å². The van der Waals surface area contributed by atoms with Gasteiger partial charge >= 0.3 is 0 Å². The summed E-state index contributed by atoms with van der Waals surface area (Å²) in [6, 6.07) is 9.14. The summed E-state index contributed by atoms with van der Waals surface area (Å²) in [5.41, 5.74) is 2.78. The molecule has 2 heteroatoms. The number of hydrogen-bond donors (Lipinski definition) is 0. The molecular formula is C29H45P2+. The molecule has 0 N–H and O–H groups in total. The molecule has 0 aliphatic heterocycles. The summed E-state index contributed by atoms with van der Waals surface area (Å²) >= 11 is 0. The third-order valence-corrected chi connectivity index (χ3v) is 12.5. The SMILES string of the molecule is CC(C)(C)P(c1ccccc1C=C1C=CC=CC1=[P+](C(C)(C)C)C(C)(C)C)C(C)(C)C. The lowest BCUT2D eigenvalue weighted by atomic mass is 10.0. The summed E-state index contributed by atoms with van der Waals surface area (Å²) < 4.78 is 0. The minimum absolute atomic E-state index is 0.250. The molecule has 0 aromatic heterocycles. The molecule has 0 heterocycles. The standard InChI is InChI=1S/C29H45P2/c1-26(2,3)30(27(4,5)6)24-19-15-13-17-22(24)21-23-18-14-16-20-25(23)31(28(7,8)9)29(10,11)12/h13-21H,1-12H3/q+1. The number of rotatable bonds is 2. The average molecular weight is 456 g/mol. The van der Waals surface area contributed by atoms with Gasteiger partial charge in [0.15, 0.2) is 5.29 Å². The van der Waals surface area contributed by atoms with Crippen molar-refractivity contribution in [2.75, 3.05) is 0 Å². The minimum atomic E-state index is -0.351. The van der Waals surface area contributed by atoms with E-state index in [-0.39, 0.29) is 36.1 Å². The number of allylic oxidation sites excluding steroid dienone is 5. The van der Waals surface area contributed by atoms with E-state index in [9.17, 15) is 0 Å². The molecule has 170 valence electrons. The lowest BCUT2D eigenvalue weighted by Crippen LogP contribution is -2.32. The molecule has 1 aliphatic carbocycles. The van der Waals surface area contributed by atoms with E-state index in [1.54, 1.807) is 0 Å². The Morgan fingerprint density at radius 3 is 1.65 bits per heavy atom. The molecule has 31 heavy (non-hydrogen) atoms. The molecule has 0 saturated carbocycles. The lowest BCUT2D eigenvalue weighted by Gasteiger charge is -2.42. The van der Waals surface area contributed by atoms with Crippen molar-refractivity contribution >= 4 is 32.1 Å². The van der Waals surface area contributed by atoms with Crippen LogP contribution in [-0.4, -0.2) is 25.9 Å². The van der Waals surface area contributed by atoms with Crippen LogP contribution in [0.3, 0.4) is 0 Å². The van der Waals surface area contributed by atoms with E-state index in [0.29, 0.717) is 0 Å². The fourth-order valence-corrected chi connectivity index (χ4v) is 13.4. The molecule has 1 aromatic carbocycles. The molecule has 1 aliphatic rings. The van der Waals surface area contributed by atoms with Crippen LogP contribution in [0.4, 0.5) is 0 Å². The Kier molecular flexibility index (Phi) is 7.73. The summed E-state index contributed by atoms with van der Waals surface area (Å²) in [6.45, 7) is 28.9. The molecule has 0 bridgehead atoms. The minimum Gasteiger partial charge on any atom is -0.0636 e. The molecule has 0 radical (unpaired) electrons. The predicted octanol–water partition coefficient (Wildman–Crippen LogP) is 9.15. The fraction of sp³-hybridized carbons (Fsp3) is 0.552. The van der Waals surface area contributed by atoms with Gasteiger partial charge in [-0.2, -0.15) is 0 Å². The second-order valence-electron chi connectivity index (χ2n) is 12.6. The van der Waals surface area contributed by atoms with Crippen LogP contribution in [0.2, 0.25) is 0 Å². The molecule has 0 amide bonds. The van der Waals surface area contributed by atoms with Crippen molar-refractivity contribution in [2.45, 2.75) is 104 Å². The Balaban J connectivity index is 2.79. The van der Waals surface area contributed by atoms with Gasteiger partial charge < -0.3 is 0 Å². The topological polar surface area (TPSA) is 0 Å². The van der Waals surface area contributed by atoms with Crippen molar-refractivity contribution in [2.24, 2.45) is 0 Å². The van der Waals surface area contributed by atoms with Crippen LogP contribution < -0.4 is 5.30 Å². The van der Waals surface area contributed by atoms with Crippen LogP contribution in [0.15, 0.2) is 54.1 Å². The maximum absolute atomic E-state index is 2.48. The maximum atomic E-state index is 2.48. The van der Waals surface area contributed by atoms with E-state index >= 15 is 0 Å². The van der Waals surface area contributed by atoms with Crippen LogP contribution in [0.25, 0.3) is 6.08 Å². The van der Waals surface area contributed by atoms with Crippen molar-refractivity contribution in [3.8, 4) is 0 Å². The molecule has 2 rings (SSSR count). The van der Waals surface area contributed by atoms with E-state index in [2.05, 4.69) is 138 Å². The molecule has 0 unspecified atom stereocenters. The summed E-state index contributed by atoms with van der Waals surface area (Å²) in [4.78, 5) is 0. The van der Waals surface area contributed by atoms with Crippen LogP contribution in [0.1, 0.15) is 88.6 Å². The summed E-state index contributed by atoms with van der Waals surface area (Å²) in [5.74, 6) is 0. The zero-order valence-corrected chi connectivity index (χ0v) is 23.9. The maximum Gasteiger partial charge on any atom is 0.151 e. The third-order valence-electron chi connectivity index (χ3n) is 5.35. The van der Waals surface area contributed by atoms with E-state index in [0.717, 1.165) is 0 Å². The van der Waals surface area contributed by atoms with Crippen molar-refractivity contribution in [3.63, 3.8) is 0 Å². The van der Waals surface area contributed by atoms with Crippen molar-refractivity contribution < 1.29 is 0 Å². The normalized spacial score (nSPS) is 17.1. The van der Waals surface area contributed by atoms with E-state index in [4.69, 9.17) is 0 Å². The Morgan fingerprint density at radius 2 is 1.16 bits per heavy atom. The second kappa shape index (κ2) is 9.12. The summed E-state index contributed by atoms with van der Waals surface area (Å²) in [5, 5.41) is 4.06. The summed E-state index contributed by atoms with van der Waals surface area (Å²) in [7, 11) is -0.702. The van der Waals surface area contributed by atoms with Crippen molar-refractivity contribution in [1.29, 1.82) is 0 Å². The molecular weight excluding hydrogens is 410 g/mol. The van der Waals surface area contributed by atoms with Gasteiger partial charge in [0.25, 0.3) is 0 Å². The zero-order chi connectivity index (χ0) is 23.8. The van der Waals surface area contributed by atoms with Crippen LogP contribution in [0.5, 0.6) is 0 Å². The van der Waals surface area contributed by atoms with Gasteiger partial charge in [-0.05, 0) is 74.9 Å². The van der Waals surface area contributed by atoms with Gasteiger partial charge in [0.05, 0.1) is 0 Å². The highest BCUT2D eigenvalue weighted by molar-refractivity contribution is 7.68. The van der Waals surface area contributed by atoms with E-state index in [1.165, 1.54) is 21.7 Å². The molecule has 0 nitrogen and oxygen atoms in total. The average Bonchev–Trinajstić information content (AvgIpc) is 2.53. The predicted molar refractivity (Wildman–Crippen MR) is 150 cm³/mol. The monoisotopic (exact) mass is 455 g/mol. The first-order chi connectivity index (χ1) is 13.9. The Hall–Kier alpha value is -0.960. The second-order valence-corrected chi connectivity index (χ2v) is 20.3. The number of benzene rings is 1. The zero-order valence-electron chi connectivity index (χ0n) is 22.1. The largest absolute Gasteiger partial charge is 0.151 e. The summed E-state index contributed by atoms with van der Waals surface area (Å²) in [6.07, 6.45) is 11.6. The molecule has 0 fully saturated rings. The highest BCUT2D eigenvalue weighted by atomic mass is 31.1. The smallest absolute Gasteiger partial charge is 0.0636 e. The first kappa shape index (κ1) is 26.3. The molecule has 0 spiro atoms. The Morgan fingerprint density at radius 1 is 0.677 bits per heavy atom. The van der Waals surface area contributed by atoms with Gasteiger partial charge in [0, 0.05) is 5.57 Å². The van der Waals surface area contributed by atoms with Crippen molar-refractivity contribution in [3.05, 3.63) is 59.7 Å². The van der Waals surface area contributed by atoms with Crippen LogP contribution in [0, 0.1) is 0 Å². The third kappa shape index (κ3) is 6.53.